The molecule has 0 fully saturated rings. The second kappa shape index (κ2) is 6.16. The maximum absolute atomic E-state index is 14.5. The van der Waals surface area contributed by atoms with Crippen LogP contribution in [0.2, 0.25) is 0 Å². The first-order valence-electron chi connectivity index (χ1n) is 6.98. The number of hydrogen-bond acceptors (Lipinski definition) is 4. The number of aromatic nitrogens is 1. The van der Waals surface area contributed by atoms with E-state index in [-0.39, 0.29) is 22.2 Å². The summed E-state index contributed by atoms with van der Waals surface area (Å²) in [5, 5.41) is 9.10. The van der Waals surface area contributed by atoms with Crippen molar-refractivity contribution in [2.45, 2.75) is 4.90 Å². The first-order valence-corrected chi connectivity index (χ1v) is 8.46. The molecular weight excluding hydrogens is 352 g/mol. The van der Waals surface area contributed by atoms with E-state index in [2.05, 4.69) is 9.71 Å². The summed E-state index contributed by atoms with van der Waals surface area (Å²) in [6.07, 6.45) is 1.47. The second-order valence-corrected chi connectivity index (χ2v) is 6.84. The summed E-state index contributed by atoms with van der Waals surface area (Å²) in [5.41, 5.74) is -0.0332. The van der Waals surface area contributed by atoms with Crippen molar-refractivity contribution in [2.24, 2.45) is 0 Å². The molecular formula is C16H11F2N3O3S. The molecule has 0 radical (unpaired) electrons. The molecule has 1 heterocycles. The third-order valence-electron chi connectivity index (χ3n) is 3.53. The SMILES string of the molecule is CNS(=O)(=O)c1c(Oc2ccc(F)c(C#N)c2)c(F)cc2[nH]ccc12. The number of nitrogens with one attached hydrogen (secondary N) is 2. The van der Waals surface area contributed by atoms with Gasteiger partial charge in [-0.2, -0.15) is 5.26 Å². The zero-order valence-corrected chi connectivity index (χ0v) is 13.6. The van der Waals surface area contributed by atoms with Gasteiger partial charge in [0.25, 0.3) is 0 Å². The molecule has 0 saturated carbocycles. The number of aromatic amines is 1. The molecule has 0 unspecified atom stereocenters. The molecule has 0 aliphatic rings. The highest BCUT2D eigenvalue weighted by Gasteiger charge is 2.26. The molecule has 0 aliphatic carbocycles. The van der Waals surface area contributed by atoms with Crippen molar-refractivity contribution >= 4 is 20.9 Å². The van der Waals surface area contributed by atoms with Crippen LogP contribution in [0.5, 0.6) is 11.5 Å². The standard InChI is InChI=1S/C16H11F2N3O3S/c1-20-25(22,23)16-11-4-5-21-14(11)7-13(18)15(16)24-10-2-3-12(17)9(6-10)8-19/h2-7,20-21H,1H3. The molecule has 2 aromatic carbocycles. The van der Waals surface area contributed by atoms with E-state index in [0.29, 0.717) is 0 Å². The van der Waals surface area contributed by atoms with E-state index in [1.165, 1.54) is 25.4 Å². The largest absolute Gasteiger partial charge is 0.453 e. The Morgan fingerprint density at radius 1 is 1.20 bits per heavy atom. The van der Waals surface area contributed by atoms with Gasteiger partial charge >= 0.3 is 0 Å². The minimum absolute atomic E-state index is 0.0701. The summed E-state index contributed by atoms with van der Waals surface area (Å²) < 4.78 is 60.2. The lowest BCUT2D eigenvalue weighted by molar-refractivity contribution is 0.428. The molecule has 1 aromatic heterocycles. The number of nitriles is 1. The number of hydrogen-bond donors (Lipinski definition) is 2. The van der Waals surface area contributed by atoms with Crippen LogP contribution in [-0.4, -0.2) is 20.4 Å². The summed E-state index contributed by atoms with van der Waals surface area (Å²) in [5.74, 6) is -2.30. The van der Waals surface area contributed by atoms with Gasteiger partial charge in [-0.1, -0.05) is 0 Å². The Balaban J connectivity index is 2.24. The Kier molecular flexibility index (Phi) is 4.16. The van der Waals surface area contributed by atoms with Gasteiger partial charge in [0.15, 0.2) is 11.6 Å². The number of sulfonamides is 1. The van der Waals surface area contributed by atoms with E-state index in [4.69, 9.17) is 10.00 Å². The summed E-state index contributed by atoms with van der Waals surface area (Å²) in [6.45, 7) is 0. The van der Waals surface area contributed by atoms with Gasteiger partial charge in [-0.15, -0.1) is 0 Å². The van der Waals surface area contributed by atoms with E-state index in [1.54, 1.807) is 6.07 Å². The molecule has 3 aromatic rings. The van der Waals surface area contributed by atoms with Crippen molar-refractivity contribution < 1.29 is 21.9 Å². The fourth-order valence-electron chi connectivity index (χ4n) is 2.36. The third kappa shape index (κ3) is 2.93. The zero-order valence-electron chi connectivity index (χ0n) is 12.8. The van der Waals surface area contributed by atoms with E-state index >= 15 is 0 Å². The van der Waals surface area contributed by atoms with Crippen LogP contribution in [0, 0.1) is 23.0 Å². The minimum Gasteiger partial charge on any atom is -0.453 e. The Hall–Kier alpha value is -2.96. The summed E-state index contributed by atoms with van der Waals surface area (Å²) in [4.78, 5) is 2.34. The highest BCUT2D eigenvalue weighted by Crippen LogP contribution is 2.37. The number of rotatable bonds is 4. The van der Waals surface area contributed by atoms with Crippen molar-refractivity contribution in [1.29, 1.82) is 5.26 Å². The van der Waals surface area contributed by atoms with Gasteiger partial charge in [0.1, 0.15) is 22.5 Å². The van der Waals surface area contributed by atoms with Crippen LogP contribution in [0.1, 0.15) is 5.56 Å². The zero-order chi connectivity index (χ0) is 18.2. The van der Waals surface area contributed by atoms with E-state index in [0.717, 1.165) is 18.2 Å². The van der Waals surface area contributed by atoms with Crippen LogP contribution in [0.4, 0.5) is 8.78 Å². The molecule has 0 aliphatic heterocycles. The number of nitrogens with zero attached hydrogens (tertiary/aromatic N) is 1. The maximum Gasteiger partial charge on any atom is 0.244 e. The van der Waals surface area contributed by atoms with Crippen molar-refractivity contribution in [3.05, 3.63) is 53.7 Å². The molecule has 9 heteroatoms. The van der Waals surface area contributed by atoms with E-state index in [1.807, 2.05) is 0 Å². The molecule has 0 saturated heterocycles. The molecule has 0 bridgehead atoms. The molecule has 2 N–H and O–H groups in total. The van der Waals surface area contributed by atoms with Crippen molar-refractivity contribution in [3.8, 4) is 17.6 Å². The first kappa shape index (κ1) is 16.9. The predicted molar refractivity (Wildman–Crippen MR) is 85.7 cm³/mol. The number of benzene rings is 2. The van der Waals surface area contributed by atoms with Gasteiger partial charge in [-0.3, -0.25) is 0 Å². The lowest BCUT2D eigenvalue weighted by Gasteiger charge is -2.14. The molecule has 0 spiro atoms. The Morgan fingerprint density at radius 2 is 1.96 bits per heavy atom. The predicted octanol–water partition coefficient (Wildman–Crippen LogP) is 3.02. The molecule has 3 rings (SSSR count). The molecule has 25 heavy (non-hydrogen) atoms. The van der Waals surface area contributed by atoms with Crippen LogP contribution in [0.15, 0.2) is 41.4 Å². The Labute approximate surface area is 141 Å². The van der Waals surface area contributed by atoms with Gasteiger partial charge in [-0.25, -0.2) is 21.9 Å². The first-order chi connectivity index (χ1) is 11.9. The molecule has 0 amide bonds. The van der Waals surface area contributed by atoms with Crippen LogP contribution >= 0.6 is 0 Å². The average Bonchev–Trinajstić information content (AvgIpc) is 3.04. The number of ether oxygens (including phenoxy) is 1. The van der Waals surface area contributed by atoms with Gasteiger partial charge in [0.05, 0.1) is 5.56 Å². The lowest BCUT2D eigenvalue weighted by Crippen LogP contribution is -2.20. The summed E-state index contributed by atoms with van der Waals surface area (Å²) in [6, 6.07) is 7.41. The fourth-order valence-corrected chi connectivity index (χ4v) is 3.41. The van der Waals surface area contributed by atoms with Gasteiger partial charge in [0.2, 0.25) is 10.0 Å². The highest BCUT2D eigenvalue weighted by atomic mass is 32.2. The quantitative estimate of drug-likeness (QED) is 0.745. The Morgan fingerprint density at radius 3 is 2.64 bits per heavy atom. The number of fused-ring (bicyclic) bond motifs is 1. The lowest BCUT2D eigenvalue weighted by atomic mass is 10.2. The smallest absolute Gasteiger partial charge is 0.244 e. The van der Waals surface area contributed by atoms with Crippen LogP contribution < -0.4 is 9.46 Å². The topological polar surface area (TPSA) is 95.0 Å². The summed E-state index contributed by atoms with van der Waals surface area (Å²) in [7, 11) is -2.88. The number of H-pyrrole nitrogens is 1. The van der Waals surface area contributed by atoms with Crippen LogP contribution in [0.3, 0.4) is 0 Å². The highest BCUT2D eigenvalue weighted by molar-refractivity contribution is 7.89. The van der Waals surface area contributed by atoms with E-state index < -0.39 is 32.3 Å². The third-order valence-corrected chi connectivity index (χ3v) is 5.01. The monoisotopic (exact) mass is 363 g/mol. The van der Waals surface area contributed by atoms with Crippen LogP contribution in [0.25, 0.3) is 10.9 Å². The van der Waals surface area contributed by atoms with Gasteiger partial charge < -0.3 is 9.72 Å². The normalized spacial score (nSPS) is 11.4. The van der Waals surface area contributed by atoms with Crippen molar-refractivity contribution in [1.82, 2.24) is 9.71 Å². The Bertz CT molecular complexity index is 1120. The second-order valence-electron chi connectivity index (χ2n) is 5.02. The average molecular weight is 363 g/mol. The molecule has 128 valence electrons. The summed E-state index contributed by atoms with van der Waals surface area (Å²) >= 11 is 0. The van der Waals surface area contributed by atoms with Crippen molar-refractivity contribution in [2.75, 3.05) is 7.05 Å². The van der Waals surface area contributed by atoms with Crippen molar-refractivity contribution in [3.63, 3.8) is 0 Å². The van der Waals surface area contributed by atoms with Crippen LogP contribution in [-0.2, 0) is 10.0 Å². The minimum atomic E-state index is -4.07. The maximum atomic E-state index is 14.5. The molecule has 0 atom stereocenters. The molecule has 6 nitrogen and oxygen atoms in total. The van der Waals surface area contributed by atoms with Gasteiger partial charge in [0, 0.05) is 29.2 Å². The number of halogens is 2. The van der Waals surface area contributed by atoms with Gasteiger partial charge in [-0.05, 0) is 25.2 Å². The fraction of sp³-hybridized carbons (Fsp3) is 0.0625. The van der Waals surface area contributed by atoms with E-state index in [9.17, 15) is 17.2 Å².